The second-order valence-electron chi connectivity index (χ2n) is 4.66. The van der Waals surface area contributed by atoms with Crippen LogP contribution in [-0.2, 0) is 14.6 Å². The maximum atomic E-state index is 12.0. The third-order valence-corrected chi connectivity index (χ3v) is 5.01. The molecule has 1 aromatic carbocycles. The summed E-state index contributed by atoms with van der Waals surface area (Å²) in [4.78, 5) is 12.0. The highest BCUT2D eigenvalue weighted by molar-refractivity contribution is 7.91. The van der Waals surface area contributed by atoms with Gasteiger partial charge in [-0.2, -0.15) is 0 Å². The molecule has 0 aliphatic carbocycles. The smallest absolute Gasteiger partial charge is 0.231 e. The first kappa shape index (κ1) is 12.3. The summed E-state index contributed by atoms with van der Waals surface area (Å²) in [6.07, 6.45) is 0.388. The fraction of sp³-hybridized carbons (Fsp3) is 0.417. The summed E-state index contributed by atoms with van der Waals surface area (Å²) >= 11 is 0. The Bertz CT molecular complexity index is 625. The molecule has 1 amide bonds. The first-order chi connectivity index (χ1) is 9.03. The van der Waals surface area contributed by atoms with Gasteiger partial charge in [0.25, 0.3) is 0 Å². The monoisotopic (exact) mass is 283 g/mol. The van der Waals surface area contributed by atoms with Crippen molar-refractivity contribution in [2.24, 2.45) is 5.92 Å². The van der Waals surface area contributed by atoms with Crippen LogP contribution in [0.25, 0.3) is 0 Å². The van der Waals surface area contributed by atoms with Crippen molar-refractivity contribution < 1.29 is 22.7 Å². The highest BCUT2D eigenvalue weighted by Crippen LogP contribution is 2.34. The Morgan fingerprint density at radius 3 is 2.79 bits per heavy atom. The first-order valence-electron chi connectivity index (χ1n) is 5.94. The topological polar surface area (TPSA) is 81.7 Å². The van der Waals surface area contributed by atoms with Gasteiger partial charge in [0.05, 0.1) is 17.4 Å². The van der Waals surface area contributed by atoms with Gasteiger partial charge in [-0.15, -0.1) is 0 Å². The van der Waals surface area contributed by atoms with Crippen molar-refractivity contribution in [3.63, 3.8) is 0 Å². The lowest BCUT2D eigenvalue weighted by molar-refractivity contribution is -0.119. The molecule has 1 saturated heterocycles. The van der Waals surface area contributed by atoms with Crippen LogP contribution in [0.5, 0.6) is 11.5 Å². The maximum Gasteiger partial charge on any atom is 0.231 e. The van der Waals surface area contributed by atoms with Crippen molar-refractivity contribution in [1.29, 1.82) is 0 Å². The van der Waals surface area contributed by atoms with Crippen molar-refractivity contribution in [3.8, 4) is 11.5 Å². The number of carbonyl (C=O) groups is 1. The Morgan fingerprint density at radius 1 is 1.26 bits per heavy atom. The quantitative estimate of drug-likeness (QED) is 0.867. The maximum absolute atomic E-state index is 12.0. The number of anilines is 1. The zero-order valence-electron chi connectivity index (χ0n) is 10.1. The molecule has 0 aromatic heterocycles. The summed E-state index contributed by atoms with van der Waals surface area (Å²) in [7, 11) is -3.05. The predicted octanol–water partition coefficient (Wildman–Crippen LogP) is 0.788. The molecular formula is C12H13NO5S. The molecule has 1 N–H and O–H groups in total. The van der Waals surface area contributed by atoms with E-state index in [9.17, 15) is 13.2 Å². The summed E-state index contributed by atoms with van der Waals surface area (Å²) < 4.78 is 33.1. The van der Waals surface area contributed by atoms with Crippen LogP contribution in [0.2, 0.25) is 0 Å². The van der Waals surface area contributed by atoms with E-state index in [1.807, 2.05) is 0 Å². The van der Waals surface area contributed by atoms with E-state index < -0.39 is 15.8 Å². The third-order valence-electron chi connectivity index (χ3n) is 3.24. The Hall–Kier alpha value is -1.76. The van der Waals surface area contributed by atoms with Crippen LogP contribution in [0.15, 0.2) is 18.2 Å². The third kappa shape index (κ3) is 2.51. The van der Waals surface area contributed by atoms with Crippen LogP contribution in [0, 0.1) is 5.92 Å². The molecule has 3 rings (SSSR count). The highest BCUT2D eigenvalue weighted by atomic mass is 32.2. The number of hydrogen-bond acceptors (Lipinski definition) is 5. The first-order valence-corrected chi connectivity index (χ1v) is 7.76. The van der Waals surface area contributed by atoms with E-state index in [0.717, 1.165) is 0 Å². The number of fused-ring (bicyclic) bond motifs is 1. The molecule has 0 spiro atoms. The van der Waals surface area contributed by atoms with Gasteiger partial charge in [0, 0.05) is 11.8 Å². The van der Waals surface area contributed by atoms with Gasteiger partial charge in [0.2, 0.25) is 12.7 Å². The molecule has 0 bridgehead atoms. The van der Waals surface area contributed by atoms with E-state index in [-0.39, 0.29) is 24.2 Å². The number of nitrogens with one attached hydrogen (secondary N) is 1. The molecule has 2 heterocycles. The van der Waals surface area contributed by atoms with Crippen molar-refractivity contribution >= 4 is 21.4 Å². The molecule has 0 radical (unpaired) electrons. The zero-order valence-corrected chi connectivity index (χ0v) is 10.9. The van der Waals surface area contributed by atoms with Crippen molar-refractivity contribution in [2.75, 3.05) is 23.6 Å². The molecule has 7 heteroatoms. The SMILES string of the molecule is O=C(Nc1ccc2c(c1)OCO2)[C@@H]1CCS(=O)(=O)C1. The largest absolute Gasteiger partial charge is 0.454 e. The number of carbonyl (C=O) groups excluding carboxylic acids is 1. The summed E-state index contributed by atoms with van der Waals surface area (Å²) in [6.45, 7) is 0.174. The van der Waals surface area contributed by atoms with Crippen molar-refractivity contribution in [1.82, 2.24) is 0 Å². The molecule has 6 nitrogen and oxygen atoms in total. The molecular weight excluding hydrogens is 270 g/mol. The van der Waals surface area contributed by atoms with Crippen LogP contribution in [0.3, 0.4) is 0 Å². The summed E-state index contributed by atoms with van der Waals surface area (Å²) in [5.41, 5.74) is 0.582. The van der Waals surface area contributed by atoms with Gasteiger partial charge in [0.1, 0.15) is 0 Å². The molecule has 2 aliphatic rings. The fourth-order valence-corrected chi connectivity index (χ4v) is 3.96. The summed E-state index contributed by atoms with van der Waals surface area (Å²) in [5, 5.41) is 2.71. The highest BCUT2D eigenvalue weighted by Gasteiger charge is 2.33. The van der Waals surface area contributed by atoms with Crippen LogP contribution in [0.4, 0.5) is 5.69 Å². The van der Waals surface area contributed by atoms with Crippen LogP contribution in [0.1, 0.15) is 6.42 Å². The van der Waals surface area contributed by atoms with Gasteiger partial charge in [-0.1, -0.05) is 0 Å². The van der Waals surface area contributed by atoms with Gasteiger partial charge in [-0.3, -0.25) is 4.79 Å². The normalized spacial score (nSPS) is 23.3. The van der Waals surface area contributed by atoms with Gasteiger partial charge in [-0.05, 0) is 18.6 Å². The van der Waals surface area contributed by atoms with E-state index in [1.54, 1.807) is 18.2 Å². The van der Waals surface area contributed by atoms with Gasteiger partial charge in [0.15, 0.2) is 21.3 Å². The van der Waals surface area contributed by atoms with E-state index >= 15 is 0 Å². The molecule has 1 atom stereocenters. The zero-order chi connectivity index (χ0) is 13.5. The Morgan fingerprint density at radius 2 is 2.05 bits per heavy atom. The molecule has 0 unspecified atom stereocenters. The van der Waals surface area contributed by atoms with Crippen LogP contribution < -0.4 is 14.8 Å². The average molecular weight is 283 g/mol. The minimum atomic E-state index is -3.05. The molecule has 1 fully saturated rings. The second-order valence-corrected chi connectivity index (χ2v) is 6.89. The summed E-state index contributed by atoms with van der Waals surface area (Å²) in [6, 6.07) is 5.09. The number of amides is 1. The lowest BCUT2D eigenvalue weighted by atomic mass is 10.1. The predicted molar refractivity (Wildman–Crippen MR) is 68.0 cm³/mol. The van der Waals surface area contributed by atoms with Gasteiger partial charge >= 0.3 is 0 Å². The minimum absolute atomic E-state index is 0.0661. The fourth-order valence-electron chi connectivity index (χ4n) is 2.22. The number of hydrogen-bond donors (Lipinski definition) is 1. The van der Waals surface area contributed by atoms with Crippen molar-refractivity contribution in [2.45, 2.75) is 6.42 Å². The minimum Gasteiger partial charge on any atom is -0.454 e. The average Bonchev–Trinajstić information content (AvgIpc) is 2.94. The molecule has 19 heavy (non-hydrogen) atoms. The molecule has 1 aromatic rings. The Labute approximate surface area is 110 Å². The second kappa shape index (κ2) is 4.41. The number of sulfone groups is 1. The lowest BCUT2D eigenvalue weighted by Gasteiger charge is -2.09. The molecule has 2 aliphatic heterocycles. The van der Waals surface area contributed by atoms with Gasteiger partial charge in [-0.25, -0.2) is 8.42 Å². The standard InChI is InChI=1S/C12H13NO5S/c14-12(8-3-4-19(15,16)6-8)13-9-1-2-10-11(5-9)18-7-17-10/h1-2,5,8H,3-4,6-7H2,(H,13,14)/t8-/m1/s1. The lowest BCUT2D eigenvalue weighted by Crippen LogP contribution is -2.23. The molecule has 0 saturated carbocycles. The number of benzene rings is 1. The van der Waals surface area contributed by atoms with E-state index in [4.69, 9.17) is 9.47 Å². The number of rotatable bonds is 2. The Kier molecular flexibility index (Phi) is 2.85. The van der Waals surface area contributed by atoms with E-state index in [1.165, 1.54) is 0 Å². The van der Waals surface area contributed by atoms with Gasteiger partial charge < -0.3 is 14.8 Å². The van der Waals surface area contributed by atoms with E-state index in [0.29, 0.717) is 23.6 Å². The summed E-state index contributed by atoms with van der Waals surface area (Å²) in [5.74, 6) is 0.518. The van der Waals surface area contributed by atoms with Crippen LogP contribution in [-0.4, -0.2) is 32.6 Å². The van der Waals surface area contributed by atoms with Crippen LogP contribution >= 0.6 is 0 Å². The van der Waals surface area contributed by atoms with Crippen molar-refractivity contribution in [3.05, 3.63) is 18.2 Å². The Balaban J connectivity index is 1.70. The molecule has 102 valence electrons. The van der Waals surface area contributed by atoms with E-state index in [2.05, 4.69) is 5.32 Å². The number of ether oxygens (including phenoxy) is 2.